The van der Waals surface area contributed by atoms with Gasteiger partial charge in [-0.05, 0) is 36.5 Å². The quantitative estimate of drug-likeness (QED) is 0.804. The molecule has 148 valence electrons. The van der Waals surface area contributed by atoms with Crippen molar-refractivity contribution < 1.29 is 19.1 Å². The molecule has 0 aliphatic carbocycles. The van der Waals surface area contributed by atoms with E-state index in [0.29, 0.717) is 24.6 Å². The van der Waals surface area contributed by atoms with E-state index in [1.807, 2.05) is 23.1 Å². The van der Waals surface area contributed by atoms with Crippen molar-refractivity contribution in [3.8, 4) is 11.5 Å². The van der Waals surface area contributed by atoms with Crippen LogP contribution in [0.2, 0.25) is 5.02 Å². The molecule has 0 radical (unpaired) electrons. The van der Waals surface area contributed by atoms with Crippen LogP contribution in [0.1, 0.15) is 34.7 Å². The lowest BCUT2D eigenvalue weighted by molar-refractivity contribution is -0.119. The summed E-state index contributed by atoms with van der Waals surface area (Å²) in [5.74, 6) is 0.222. The Morgan fingerprint density at radius 1 is 1.18 bits per heavy atom. The maximum absolute atomic E-state index is 12.9. The molecule has 3 rings (SSSR count). The Bertz CT molecular complexity index is 849. The molecule has 1 saturated heterocycles. The summed E-state index contributed by atoms with van der Waals surface area (Å²) in [7, 11) is 1.45. The molecule has 28 heavy (non-hydrogen) atoms. The molecule has 1 fully saturated rings. The number of carbonyl (C=O) groups is 2. The summed E-state index contributed by atoms with van der Waals surface area (Å²) in [5, 5.41) is 0.197. The zero-order chi connectivity index (χ0) is 20.1. The number of piperidine rings is 1. The van der Waals surface area contributed by atoms with Gasteiger partial charge in [-0.3, -0.25) is 9.59 Å². The standard InChI is InChI=1S/C21H23ClN2O4/c1-27-18-12-16(11-17(22)20(18)28-13-19(23)25)21(26)24-9-7-15(8-10-24)14-5-3-2-4-6-14/h2-6,11-12,15H,7-10,13H2,1H3,(H2,23,25). The number of benzene rings is 2. The predicted octanol–water partition coefficient (Wildman–Crippen LogP) is 3.23. The summed E-state index contributed by atoms with van der Waals surface area (Å²) in [5.41, 5.74) is 6.84. The van der Waals surface area contributed by atoms with Gasteiger partial charge in [0.1, 0.15) is 0 Å². The minimum atomic E-state index is -0.625. The van der Waals surface area contributed by atoms with E-state index in [1.54, 1.807) is 6.07 Å². The summed E-state index contributed by atoms with van der Waals surface area (Å²) in [6.45, 7) is 1.03. The third-order valence-corrected chi connectivity index (χ3v) is 5.17. The van der Waals surface area contributed by atoms with Crippen LogP contribution in [-0.4, -0.2) is 43.5 Å². The Hall–Kier alpha value is -2.73. The monoisotopic (exact) mass is 402 g/mol. The SMILES string of the molecule is COc1cc(C(=O)N2CCC(c3ccccc3)CC2)cc(Cl)c1OCC(N)=O. The van der Waals surface area contributed by atoms with Gasteiger partial charge in [0, 0.05) is 18.7 Å². The van der Waals surface area contributed by atoms with Crippen LogP contribution in [0.15, 0.2) is 42.5 Å². The van der Waals surface area contributed by atoms with Gasteiger partial charge in [-0.1, -0.05) is 41.9 Å². The van der Waals surface area contributed by atoms with Crippen LogP contribution >= 0.6 is 11.6 Å². The van der Waals surface area contributed by atoms with Crippen LogP contribution in [0, 0.1) is 0 Å². The highest BCUT2D eigenvalue weighted by molar-refractivity contribution is 6.32. The van der Waals surface area contributed by atoms with E-state index in [0.717, 1.165) is 12.8 Å². The van der Waals surface area contributed by atoms with Crippen molar-refractivity contribution in [1.29, 1.82) is 0 Å². The van der Waals surface area contributed by atoms with E-state index in [2.05, 4.69) is 12.1 Å². The Labute approximate surface area is 169 Å². The lowest BCUT2D eigenvalue weighted by Crippen LogP contribution is -2.37. The molecule has 1 heterocycles. The molecule has 1 aliphatic rings. The van der Waals surface area contributed by atoms with Crippen LogP contribution in [-0.2, 0) is 4.79 Å². The maximum atomic E-state index is 12.9. The third kappa shape index (κ3) is 4.57. The van der Waals surface area contributed by atoms with E-state index < -0.39 is 5.91 Å². The lowest BCUT2D eigenvalue weighted by Gasteiger charge is -2.32. The largest absolute Gasteiger partial charge is 0.493 e. The van der Waals surface area contributed by atoms with E-state index in [9.17, 15) is 9.59 Å². The second-order valence-electron chi connectivity index (χ2n) is 6.72. The van der Waals surface area contributed by atoms with Crippen molar-refractivity contribution in [2.75, 3.05) is 26.8 Å². The fraction of sp³-hybridized carbons (Fsp3) is 0.333. The molecule has 0 saturated carbocycles. The molecular formula is C21H23ClN2O4. The first-order chi connectivity index (χ1) is 13.5. The molecule has 2 aromatic rings. The third-order valence-electron chi connectivity index (χ3n) is 4.89. The van der Waals surface area contributed by atoms with Crippen molar-refractivity contribution in [3.05, 3.63) is 58.6 Å². The number of rotatable bonds is 6. The van der Waals surface area contributed by atoms with Crippen LogP contribution in [0.25, 0.3) is 0 Å². The van der Waals surface area contributed by atoms with E-state index in [-0.39, 0.29) is 29.0 Å². The molecule has 6 nitrogen and oxygen atoms in total. The molecule has 0 spiro atoms. The number of primary amides is 1. The van der Waals surface area contributed by atoms with Crippen molar-refractivity contribution in [2.45, 2.75) is 18.8 Å². The van der Waals surface area contributed by atoms with Gasteiger partial charge >= 0.3 is 0 Å². The van der Waals surface area contributed by atoms with Gasteiger partial charge in [0.25, 0.3) is 11.8 Å². The van der Waals surface area contributed by atoms with Crippen molar-refractivity contribution in [3.63, 3.8) is 0 Å². The van der Waals surface area contributed by atoms with Crippen molar-refractivity contribution in [1.82, 2.24) is 4.90 Å². The number of halogens is 1. The number of nitrogens with two attached hydrogens (primary N) is 1. The number of nitrogens with zero attached hydrogens (tertiary/aromatic N) is 1. The number of amides is 2. The maximum Gasteiger partial charge on any atom is 0.255 e. The summed E-state index contributed by atoms with van der Waals surface area (Å²) < 4.78 is 10.6. The van der Waals surface area contributed by atoms with E-state index >= 15 is 0 Å². The summed E-state index contributed by atoms with van der Waals surface area (Å²) in [4.78, 5) is 25.7. The van der Waals surface area contributed by atoms with Crippen LogP contribution < -0.4 is 15.2 Å². The Balaban J connectivity index is 1.70. The minimum absolute atomic E-state index is 0.104. The van der Waals surface area contributed by atoms with Crippen LogP contribution in [0.5, 0.6) is 11.5 Å². The highest BCUT2D eigenvalue weighted by Crippen LogP contribution is 2.37. The molecular weight excluding hydrogens is 380 g/mol. The predicted molar refractivity (Wildman–Crippen MR) is 107 cm³/mol. The van der Waals surface area contributed by atoms with E-state index in [4.69, 9.17) is 26.8 Å². The zero-order valence-corrected chi connectivity index (χ0v) is 16.4. The number of ether oxygens (including phenoxy) is 2. The smallest absolute Gasteiger partial charge is 0.255 e. The second kappa shape index (κ2) is 8.97. The van der Waals surface area contributed by atoms with Gasteiger partial charge in [-0.15, -0.1) is 0 Å². The summed E-state index contributed by atoms with van der Waals surface area (Å²) in [6.07, 6.45) is 1.83. The molecule has 0 aromatic heterocycles. The Kier molecular flexibility index (Phi) is 6.41. The average molecular weight is 403 g/mol. The molecule has 1 aliphatic heterocycles. The molecule has 2 N–H and O–H groups in total. The Morgan fingerprint density at radius 2 is 1.86 bits per heavy atom. The van der Waals surface area contributed by atoms with E-state index in [1.165, 1.54) is 18.7 Å². The number of hydrogen-bond donors (Lipinski definition) is 1. The van der Waals surface area contributed by atoms with Crippen molar-refractivity contribution in [2.24, 2.45) is 5.73 Å². The molecule has 0 atom stereocenters. The summed E-state index contributed by atoms with van der Waals surface area (Å²) in [6, 6.07) is 13.5. The first kappa shape index (κ1) is 20.0. The fourth-order valence-corrected chi connectivity index (χ4v) is 3.72. The van der Waals surface area contributed by atoms with Gasteiger partial charge in [-0.25, -0.2) is 0 Å². The van der Waals surface area contributed by atoms with Gasteiger partial charge in [0.2, 0.25) is 0 Å². The van der Waals surface area contributed by atoms with Gasteiger partial charge in [0.15, 0.2) is 18.1 Å². The van der Waals surface area contributed by atoms with Crippen molar-refractivity contribution >= 4 is 23.4 Å². The molecule has 0 unspecified atom stereocenters. The molecule has 7 heteroatoms. The lowest BCUT2D eigenvalue weighted by atomic mass is 9.89. The van der Waals surface area contributed by atoms with Gasteiger partial charge < -0.3 is 20.1 Å². The highest BCUT2D eigenvalue weighted by Gasteiger charge is 2.26. The molecule has 0 bridgehead atoms. The minimum Gasteiger partial charge on any atom is -0.493 e. The number of carbonyl (C=O) groups excluding carboxylic acids is 2. The first-order valence-electron chi connectivity index (χ1n) is 9.12. The van der Waals surface area contributed by atoms with Gasteiger partial charge in [-0.2, -0.15) is 0 Å². The normalized spacial score (nSPS) is 14.6. The average Bonchev–Trinajstić information content (AvgIpc) is 2.72. The summed E-state index contributed by atoms with van der Waals surface area (Å²) >= 11 is 6.26. The molecule has 2 amide bonds. The first-order valence-corrected chi connectivity index (χ1v) is 9.50. The Morgan fingerprint density at radius 3 is 2.46 bits per heavy atom. The van der Waals surface area contributed by atoms with Crippen LogP contribution in [0.4, 0.5) is 0 Å². The second-order valence-corrected chi connectivity index (χ2v) is 7.13. The number of hydrogen-bond acceptors (Lipinski definition) is 4. The topological polar surface area (TPSA) is 81.9 Å². The van der Waals surface area contributed by atoms with Crippen LogP contribution in [0.3, 0.4) is 0 Å². The van der Waals surface area contributed by atoms with Gasteiger partial charge in [0.05, 0.1) is 12.1 Å². The molecule has 2 aromatic carbocycles. The number of likely N-dealkylation sites (tertiary alicyclic amines) is 1. The highest BCUT2D eigenvalue weighted by atomic mass is 35.5. The fourth-order valence-electron chi connectivity index (χ4n) is 3.45. The number of methoxy groups -OCH3 is 1. The zero-order valence-electron chi connectivity index (χ0n) is 15.7.